The summed E-state index contributed by atoms with van der Waals surface area (Å²) in [6.45, 7) is -0.212. The number of nitrogens with zero attached hydrogens (tertiary/aromatic N) is 1. The van der Waals surface area contributed by atoms with Crippen LogP contribution in [0.25, 0.3) is 11.5 Å². The number of hydrogen-bond donors (Lipinski definition) is 3. The molecule has 2 heterocycles. The molecule has 0 bridgehead atoms. The SMILES string of the molecule is O=P(O)(O)c1ccoc1-c1csc(CO)n1. The van der Waals surface area contributed by atoms with Crippen LogP contribution in [0.15, 0.2) is 22.1 Å². The zero-order chi connectivity index (χ0) is 11.8. The first-order chi connectivity index (χ1) is 7.52. The molecule has 2 rings (SSSR count). The highest BCUT2D eigenvalue weighted by Crippen LogP contribution is 2.38. The van der Waals surface area contributed by atoms with Crippen LogP contribution in [0, 0.1) is 0 Å². The average molecular weight is 261 g/mol. The minimum Gasteiger partial charge on any atom is -0.462 e. The van der Waals surface area contributed by atoms with E-state index in [0.717, 1.165) is 0 Å². The van der Waals surface area contributed by atoms with Gasteiger partial charge in [-0.25, -0.2) is 4.98 Å². The molecule has 0 saturated carbocycles. The number of furan rings is 1. The molecular formula is C8H8NO5PS. The molecule has 8 heteroatoms. The van der Waals surface area contributed by atoms with Gasteiger partial charge in [-0.05, 0) is 6.07 Å². The molecule has 2 aromatic rings. The summed E-state index contributed by atoms with van der Waals surface area (Å²) in [7, 11) is -4.36. The molecule has 0 amide bonds. The van der Waals surface area contributed by atoms with Gasteiger partial charge in [0.1, 0.15) is 16.0 Å². The van der Waals surface area contributed by atoms with Crippen LogP contribution in [0.3, 0.4) is 0 Å². The maximum atomic E-state index is 11.1. The maximum absolute atomic E-state index is 11.1. The Morgan fingerprint density at radius 1 is 1.50 bits per heavy atom. The van der Waals surface area contributed by atoms with Crippen molar-refractivity contribution in [1.82, 2.24) is 4.98 Å². The van der Waals surface area contributed by atoms with E-state index in [4.69, 9.17) is 19.3 Å². The van der Waals surface area contributed by atoms with E-state index in [1.165, 1.54) is 23.7 Å². The maximum Gasteiger partial charge on any atom is 0.360 e. The summed E-state index contributed by atoms with van der Waals surface area (Å²) in [5.74, 6) is 0.0456. The Morgan fingerprint density at radius 2 is 2.25 bits per heavy atom. The van der Waals surface area contributed by atoms with Gasteiger partial charge >= 0.3 is 7.60 Å². The van der Waals surface area contributed by atoms with Gasteiger partial charge < -0.3 is 19.3 Å². The first-order valence-electron chi connectivity index (χ1n) is 4.21. The lowest BCUT2D eigenvalue weighted by molar-refractivity contribution is 0.281. The molecule has 0 spiro atoms. The zero-order valence-electron chi connectivity index (χ0n) is 7.90. The van der Waals surface area contributed by atoms with Crippen molar-refractivity contribution in [2.45, 2.75) is 6.61 Å². The van der Waals surface area contributed by atoms with Crippen molar-refractivity contribution in [1.29, 1.82) is 0 Å². The number of aliphatic hydroxyl groups excluding tert-OH is 1. The van der Waals surface area contributed by atoms with Crippen molar-refractivity contribution >= 4 is 24.2 Å². The van der Waals surface area contributed by atoms with Gasteiger partial charge in [-0.3, -0.25) is 4.57 Å². The number of aliphatic hydroxyl groups is 1. The molecule has 0 aliphatic rings. The van der Waals surface area contributed by atoms with E-state index in [9.17, 15) is 4.57 Å². The molecule has 6 nitrogen and oxygen atoms in total. The molecule has 0 radical (unpaired) electrons. The summed E-state index contributed by atoms with van der Waals surface area (Å²) in [5, 5.41) is 10.7. The van der Waals surface area contributed by atoms with Crippen molar-refractivity contribution < 1.29 is 23.9 Å². The van der Waals surface area contributed by atoms with Gasteiger partial charge in [0.25, 0.3) is 0 Å². The third kappa shape index (κ3) is 2.09. The molecule has 86 valence electrons. The van der Waals surface area contributed by atoms with Crippen LogP contribution in [0.4, 0.5) is 0 Å². The predicted molar refractivity (Wildman–Crippen MR) is 57.4 cm³/mol. The van der Waals surface area contributed by atoms with Crippen molar-refractivity contribution in [3.8, 4) is 11.5 Å². The van der Waals surface area contributed by atoms with Crippen LogP contribution >= 0.6 is 18.9 Å². The molecule has 2 aromatic heterocycles. The van der Waals surface area contributed by atoms with E-state index >= 15 is 0 Å². The predicted octanol–water partition coefficient (Wildman–Crippen LogP) is 0.698. The second-order valence-electron chi connectivity index (χ2n) is 2.96. The van der Waals surface area contributed by atoms with Gasteiger partial charge in [0.15, 0.2) is 5.76 Å². The van der Waals surface area contributed by atoms with Crippen LogP contribution in [-0.4, -0.2) is 19.9 Å². The van der Waals surface area contributed by atoms with Crippen LogP contribution in [0.2, 0.25) is 0 Å². The first-order valence-corrected chi connectivity index (χ1v) is 6.71. The lowest BCUT2D eigenvalue weighted by atomic mass is 10.4. The highest BCUT2D eigenvalue weighted by atomic mass is 32.1. The average Bonchev–Trinajstić information content (AvgIpc) is 2.84. The molecule has 0 saturated heterocycles. The van der Waals surface area contributed by atoms with Crippen LogP contribution in [0.1, 0.15) is 5.01 Å². The molecule has 0 aromatic carbocycles. The Labute approximate surface area is 94.4 Å². The van der Waals surface area contributed by atoms with Crippen LogP contribution < -0.4 is 5.30 Å². The quantitative estimate of drug-likeness (QED) is 0.702. The van der Waals surface area contributed by atoms with Gasteiger partial charge in [0.05, 0.1) is 12.9 Å². The highest BCUT2D eigenvalue weighted by molar-refractivity contribution is 7.60. The minimum absolute atomic E-state index is 0.0456. The minimum atomic E-state index is -4.36. The summed E-state index contributed by atoms with van der Waals surface area (Å²) in [5.41, 5.74) is 0.317. The third-order valence-electron chi connectivity index (χ3n) is 1.88. The monoisotopic (exact) mass is 261 g/mol. The normalized spacial score (nSPS) is 11.9. The first kappa shape index (κ1) is 11.5. The molecule has 0 aliphatic heterocycles. The lowest BCUT2D eigenvalue weighted by Crippen LogP contribution is -2.03. The number of hydrogen-bond acceptors (Lipinski definition) is 5. The molecule has 0 unspecified atom stereocenters. The van der Waals surface area contributed by atoms with Gasteiger partial charge in [0.2, 0.25) is 0 Å². The zero-order valence-corrected chi connectivity index (χ0v) is 9.61. The van der Waals surface area contributed by atoms with E-state index in [2.05, 4.69) is 4.98 Å². The Morgan fingerprint density at radius 3 is 2.81 bits per heavy atom. The summed E-state index contributed by atoms with van der Waals surface area (Å²) in [6.07, 6.45) is 1.20. The summed E-state index contributed by atoms with van der Waals surface area (Å²) in [6, 6.07) is 1.22. The van der Waals surface area contributed by atoms with Crippen molar-refractivity contribution in [2.24, 2.45) is 0 Å². The molecule has 0 atom stereocenters. The molecular weight excluding hydrogens is 253 g/mol. The van der Waals surface area contributed by atoms with Crippen molar-refractivity contribution in [3.63, 3.8) is 0 Å². The molecule has 0 fully saturated rings. The second-order valence-corrected chi connectivity index (χ2v) is 5.48. The van der Waals surface area contributed by atoms with E-state index in [-0.39, 0.29) is 17.7 Å². The Kier molecular flexibility index (Phi) is 2.96. The number of thiazole rings is 1. The number of aromatic nitrogens is 1. The summed E-state index contributed by atoms with van der Waals surface area (Å²) >= 11 is 1.19. The van der Waals surface area contributed by atoms with Gasteiger partial charge in [0, 0.05) is 5.38 Å². The van der Waals surface area contributed by atoms with Crippen LogP contribution in [-0.2, 0) is 11.2 Å². The van der Waals surface area contributed by atoms with Gasteiger partial charge in [-0.2, -0.15) is 0 Å². The van der Waals surface area contributed by atoms with Crippen molar-refractivity contribution in [3.05, 3.63) is 22.7 Å². The third-order valence-corrected chi connectivity index (χ3v) is 3.69. The lowest BCUT2D eigenvalue weighted by Gasteiger charge is -2.01. The standard InChI is InChI=1S/C8H8NO5PS/c10-3-7-9-5(4-16-7)8-6(1-2-14-8)15(11,12)13/h1-2,4,10H,3H2,(H2,11,12,13). The fourth-order valence-corrected chi connectivity index (χ4v) is 2.53. The summed E-state index contributed by atoms with van der Waals surface area (Å²) < 4.78 is 16.1. The van der Waals surface area contributed by atoms with Crippen LogP contribution in [0.5, 0.6) is 0 Å². The highest BCUT2D eigenvalue weighted by Gasteiger charge is 2.26. The van der Waals surface area contributed by atoms with Gasteiger partial charge in [-0.1, -0.05) is 0 Å². The smallest absolute Gasteiger partial charge is 0.360 e. The van der Waals surface area contributed by atoms with Gasteiger partial charge in [-0.15, -0.1) is 11.3 Å². The summed E-state index contributed by atoms with van der Waals surface area (Å²) in [4.78, 5) is 22.1. The second kappa shape index (κ2) is 4.12. The fraction of sp³-hybridized carbons (Fsp3) is 0.125. The largest absolute Gasteiger partial charge is 0.462 e. The molecule has 0 aliphatic carbocycles. The van der Waals surface area contributed by atoms with E-state index < -0.39 is 7.60 Å². The molecule has 16 heavy (non-hydrogen) atoms. The molecule has 3 N–H and O–H groups in total. The Bertz CT molecular complexity index is 542. The Hall–Kier alpha value is -0.980. The van der Waals surface area contributed by atoms with E-state index in [1.54, 1.807) is 5.38 Å². The Balaban J connectivity index is 2.49. The number of rotatable bonds is 3. The van der Waals surface area contributed by atoms with E-state index in [0.29, 0.717) is 10.7 Å². The van der Waals surface area contributed by atoms with E-state index in [1.807, 2.05) is 0 Å². The van der Waals surface area contributed by atoms with Crippen molar-refractivity contribution in [2.75, 3.05) is 0 Å². The fourth-order valence-electron chi connectivity index (χ4n) is 1.21. The topological polar surface area (TPSA) is 104 Å².